The van der Waals surface area contributed by atoms with Crippen LogP contribution < -0.4 is 11.1 Å². The number of carbonyl (C=O) groups excluding carboxylic acids is 1. The fourth-order valence-electron chi connectivity index (χ4n) is 1.62. The minimum absolute atomic E-state index is 0.193. The molecule has 2 atom stereocenters. The van der Waals surface area contributed by atoms with Gasteiger partial charge in [-0.1, -0.05) is 0 Å². The van der Waals surface area contributed by atoms with Gasteiger partial charge in [0.1, 0.15) is 0 Å². The van der Waals surface area contributed by atoms with Crippen LogP contribution in [-0.2, 0) is 9.53 Å². The summed E-state index contributed by atoms with van der Waals surface area (Å²) in [6.07, 6.45) is 3.59. The highest BCUT2D eigenvalue weighted by Crippen LogP contribution is 2.17. The maximum Gasteiger partial charge on any atom is 0.234 e. The molecule has 1 aliphatic rings. The lowest BCUT2D eigenvalue weighted by Crippen LogP contribution is -2.39. The Bertz CT molecular complexity index is 196. The lowest BCUT2D eigenvalue weighted by Gasteiger charge is -2.12. The molecule has 0 aliphatic carbocycles. The summed E-state index contributed by atoms with van der Waals surface area (Å²) in [6.45, 7) is 0.908. The van der Waals surface area contributed by atoms with Crippen molar-refractivity contribution in [2.24, 2.45) is 5.73 Å². The Morgan fingerprint density at radius 2 is 2.53 bits per heavy atom. The number of rotatable bonds is 7. The van der Waals surface area contributed by atoms with Crippen LogP contribution in [0.15, 0.2) is 0 Å². The van der Waals surface area contributed by atoms with Crippen LogP contribution in [0.5, 0.6) is 0 Å². The summed E-state index contributed by atoms with van der Waals surface area (Å²) in [4.78, 5) is 10.9. The van der Waals surface area contributed by atoms with Crippen molar-refractivity contribution in [2.45, 2.75) is 31.4 Å². The van der Waals surface area contributed by atoms with E-state index in [2.05, 4.69) is 5.32 Å². The van der Waals surface area contributed by atoms with E-state index in [9.17, 15) is 4.79 Å². The Hall–Kier alpha value is -0.260. The summed E-state index contributed by atoms with van der Waals surface area (Å²) < 4.78 is 5.51. The molecule has 0 aromatic rings. The molecule has 1 rings (SSSR count). The van der Waals surface area contributed by atoms with Crippen LogP contribution in [0.4, 0.5) is 0 Å². The molecule has 0 bridgehead atoms. The molecular weight excluding hydrogens is 212 g/mol. The van der Waals surface area contributed by atoms with Gasteiger partial charge in [-0.3, -0.25) is 4.79 Å². The first-order chi connectivity index (χ1) is 7.24. The fraction of sp³-hybridized carbons (Fsp3) is 0.900. The van der Waals surface area contributed by atoms with Crippen LogP contribution in [-0.4, -0.2) is 43.2 Å². The zero-order chi connectivity index (χ0) is 11.1. The minimum Gasteiger partial charge on any atom is -0.377 e. The van der Waals surface area contributed by atoms with Crippen molar-refractivity contribution >= 4 is 17.7 Å². The SMILES string of the molecule is CNC(CCSCC1CCCO1)C(N)=O. The largest absolute Gasteiger partial charge is 0.377 e. The first-order valence-electron chi connectivity index (χ1n) is 5.40. The fourth-order valence-corrected chi connectivity index (χ4v) is 2.72. The van der Waals surface area contributed by atoms with Gasteiger partial charge in [0.2, 0.25) is 5.91 Å². The van der Waals surface area contributed by atoms with E-state index in [4.69, 9.17) is 10.5 Å². The Morgan fingerprint density at radius 1 is 1.73 bits per heavy atom. The summed E-state index contributed by atoms with van der Waals surface area (Å²) >= 11 is 1.84. The molecule has 15 heavy (non-hydrogen) atoms. The molecule has 3 N–H and O–H groups in total. The summed E-state index contributed by atoms with van der Waals surface area (Å²) in [5, 5.41) is 2.91. The van der Waals surface area contributed by atoms with Gasteiger partial charge < -0.3 is 15.8 Å². The van der Waals surface area contributed by atoms with Crippen molar-refractivity contribution < 1.29 is 9.53 Å². The molecule has 1 aliphatic heterocycles. The summed E-state index contributed by atoms with van der Waals surface area (Å²) in [5.74, 6) is 1.72. The number of amides is 1. The van der Waals surface area contributed by atoms with Crippen molar-refractivity contribution in [1.29, 1.82) is 0 Å². The number of thioether (sulfide) groups is 1. The number of primary amides is 1. The minimum atomic E-state index is -0.268. The van der Waals surface area contributed by atoms with Crippen LogP contribution in [0.3, 0.4) is 0 Å². The number of nitrogens with one attached hydrogen (secondary N) is 1. The predicted octanol–water partition coefficient (Wildman–Crippen LogP) is 0.362. The predicted molar refractivity (Wildman–Crippen MR) is 63.0 cm³/mol. The lowest BCUT2D eigenvalue weighted by molar-refractivity contribution is -0.119. The number of hydrogen-bond acceptors (Lipinski definition) is 4. The van der Waals surface area contributed by atoms with E-state index >= 15 is 0 Å². The zero-order valence-corrected chi connectivity index (χ0v) is 10.0. The second-order valence-corrected chi connectivity index (χ2v) is 4.89. The van der Waals surface area contributed by atoms with Gasteiger partial charge in [0, 0.05) is 12.4 Å². The smallest absolute Gasteiger partial charge is 0.234 e. The van der Waals surface area contributed by atoms with Crippen LogP contribution in [0.2, 0.25) is 0 Å². The molecule has 1 saturated heterocycles. The van der Waals surface area contributed by atoms with Gasteiger partial charge in [-0.25, -0.2) is 0 Å². The van der Waals surface area contributed by atoms with Gasteiger partial charge in [-0.15, -0.1) is 0 Å². The first-order valence-corrected chi connectivity index (χ1v) is 6.55. The molecule has 0 radical (unpaired) electrons. The van der Waals surface area contributed by atoms with Crippen molar-refractivity contribution in [3.63, 3.8) is 0 Å². The van der Waals surface area contributed by atoms with E-state index in [-0.39, 0.29) is 11.9 Å². The van der Waals surface area contributed by atoms with E-state index in [1.54, 1.807) is 7.05 Å². The van der Waals surface area contributed by atoms with Gasteiger partial charge in [-0.2, -0.15) is 11.8 Å². The standard InChI is InChI=1S/C10H20N2O2S/c1-12-9(10(11)13)4-6-15-7-8-3-2-5-14-8/h8-9,12H,2-7H2,1H3,(H2,11,13). The molecule has 0 saturated carbocycles. The van der Waals surface area contributed by atoms with E-state index in [1.165, 1.54) is 12.8 Å². The van der Waals surface area contributed by atoms with E-state index in [0.29, 0.717) is 6.10 Å². The van der Waals surface area contributed by atoms with Gasteiger partial charge in [0.25, 0.3) is 0 Å². The van der Waals surface area contributed by atoms with Crippen molar-refractivity contribution in [3.8, 4) is 0 Å². The Morgan fingerprint density at radius 3 is 3.07 bits per heavy atom. The van der Waals surface area contributed by atoms with Gasteiger partial charge in [-0.05, 0) is 32.1 Å². The molecule has 0 spiro atoms. The van der Waals surface area contributed by atoms with E-state index in [0.717, 1.165) is 24.5 Å². The van der Waals surface area contributed by atoms with E-state index < -0.39 is 0 Å². The molecule has 0 aromatic carbocycles. The third-order valence-electron chi connectivity index (χ3n) is 2.57. The normalized spacial score (nSPS) is 22.9. The molecule has 1 heterocycles. The Kier molecular flexibility index (Phi) is 6.05. The quantitative estimate of drug-likeness (QED) is 0.622. The van der Waals surface area contributed by atoms with Crippen LogP contribution >= 0.6 is 11.8 Å². The van der Waals surface area contributed by atoms with Gasteiger partial charge >= 0.3 is 0 Å². The van der Waals surface area contributed by atoms with Crippen molar-refractivity contribution in [3.05, 3.63) is 0 Å². The van der Waals surface area contributed by atoms with E-state index in [1.807, 2.05) is 11.8 Å². The number of nitrogens with two attached hydrogens (primary N) is 1. The molecule has 5 heteroatoms. The highest BCUT2D eigenvalue weighted by Gasteiger charge is 2.16. The third kappa shape index (κ3) is 4.86. The average molecular weight is 232 g/mol. The van der Waals surface area contributed by atoms with Crippen LogP contribution in [0.25, 0.3) is 0 Å². The summed E-state index contributed by atoms with van der Waals surface area (Å²) in [7, 11) is 1.76. The maximum atomic E-state index is 10.9. The highest BCUT2D eigenvalue weighted by atomic mass is 32.2. The monoisotopic (exact) mass is 232 g/mol. The van der Waals surface area contributed by atoms with Gasteiger partial charge in [0.05, 0.1) is 12.1 Å². The number of likely N-dealkylation sites (N-methyl/N-ethyl adjacent to an activating group) is 1. The summed E-state index contributed by atoms with van der Waals surface area (Å²) in [5.41, 5.74) is 5.22. The third-order valence-corrected chi connectivity index (χ3v) is 3.70. The maximum absolute atomic E-state index is 10.9. The highest BCUT2D eigenvalue weighted by molar-refractivity contribution is 7.99. The Balaban J connectivity index is 2.02. The zero-order valence-electron chi connectivity index (χ0n) is 9.20. The average Bonchev–Trinajstić information content (AvgIpc) is 2.70. The van der Waals surface area contributed by atoms with Crippen molar-refractivity contribution in [2.75, 3.05) is 25.2 Å². The molecule has 1 fully saturated rings. The molecule has 2 unspecified atom stereocenters. The molecular formula is C10H20N2O2S. The molecule has 1 amide bonds. The molecule has 0 aromatic heterocycles. The number of carbonyl (C=O) groups is 1. The topological polar surface area (TPSA) is 64.3 Å². The van der Waals surface area contributed by atoms with Crippen LogP contribution in [0.1, 0.15) is 19.3 Å². The molecule has 88 valence electrons. The lowest BCUT2D eigenvalue weighted by atomic mass is 10.2. The second-order valence-electron chi connectivity index (χ2n) is 3.74. The number of ether oxygens (including phenoxy) is 1. The first kappa shape index (κ1) is 12.8. The van der Waals surface area contributed by atoms with Gasteiger partial charge in [0.15, 0.2) is 0 Å². The summed E-state index contributed by atoms with van der Waals surface area (Å²) in [6, 6.07) is -0.193. The van der Waals surface area contributed by atoms with Crippen LogP contribution in [0, 0.1) is 0 Å². The second kappa shape index (κ2) is 7.09. The number of hydrogen-bond donors (Lipinski definition) is 2. The molecule has 4 nitrogen and oxygen atoms in total. The Labute approximate surface area is 95.3 Å². The van der Waals surface area contributed by atoms with Crippen molar-refractivity contribution in [1.82, 2.24) is 5.32 Å².